The van der Waals surface area contributed by atoms with Crippen LogP contribution in [-0.4, -0.2) is 44.4 Å². The van der Waals surface area contributed by atoms with E-state index in [1.165, 1.54) is 18.0 Å². The monoisotopic (exact) mass is 634 g/mol. The van der Waals surface area contributed by atoms with Gasteiger partial charge in [-0.25, -0.2) is 23.5 Å². The van der Waals surface area contributed by atoms with Crippen LogP contribution in [0.3, 0.4) is 0 Å². The molecule has 2 aromatic carbocycles. The molecule has 9 nitrogen and oxygen atoms in total. The molecule has 0 saturated carbocycles. The molecule has 0 aliphatic rings. The molecule has 0 saturated heterocycles. The number of nitrogens with zero attached hydrogens (tertiary/aromatic N) is 3. The Balaban J connectivity index is 0.000000209. The smallest absolute Gasteiger partial charge is 0.341 e. The highest BCUT2D eigenvalue weighted by Gasteiger charge is 2.17. The maximum Gasteiger partial charge on any atom is 0.341 e. The van der Waals surface area contributed by atoms with Gasteiger partial charge in [0.15, 0.2) is 0 Å². The van der Waals surface area contributed by atoms with Crippen molar-refractivity contribution in [3.8, 4) is 23.3 Å². The van der Waals surface area contributed by atoms with Gasteiger partial charge in [0.05, 0.1) is 24.3 Å². The minimum absolute atomic E-state index is 0.00147. The van der Waals surface area contributed by atoms with Gasteiger partial charge in [-0.1, -0.05) is 12.1 Å². The topological polar surface area (TPSA) is 124 Å². The summed E-state index contributed by atoms with van der Waals surface area (Å²) < 4.78 is 37.7. The Morgan fingerprint density at radius 2 is 1.30 bits per heavy atom. The molecule has 13 heteroatoms. The number of halogens is 2. The molecule has 0 bridgehead atoms. The Morgan fingerprint density at radius 3 is 1.80 bits per heavy atom. The van der Waals surface area contributed by atoms with Crippen LogP contribution in [0.2, 0.25) is 0 Å². The van der Waals surface area contributed by atoms with Gasteiger partial charge in [-0.3, -0.25) is 9.78 Å². The van der Waals surface area contributed by atoms with E-state index in [9.17, 15) is 18.4 Å². The number of thioether (sulfide) groups is 2. The molecule has 1 amide bonds. The van der Waals surface area contributed by atoms with E-state index in [0.717, 1.165) is 34.3 Å². The summed E-state index contributed by atoms with van der Waals surface area (Å²) in [4.78, 5) is 36.9. The molecule has 224 valence electrons. The molecule has 0 unspecified atom stereocenters. The summed E-state index contributed by atoms with van der Waals surface area (Å²) in [5.41, 5.74) is 0.181. The number of hydrogen-bond donors (Lipinski definition) is 2. The summed E-state index contributed by atoms with van der Waals surface area (Å²) in [6.45, 7) is 0. The van der Waals surface area contributed by atoms with Gasteiger partial charge in [-0.15, -0.1) is 23.5 Å². The van der Waals surface area contributed by atoms with Gasteiger partial charge in [0.1, 0.15) is 34.3 Å². The third kappa shape index (κ3) is 8.99. The molecule has 2 N–H and O–H groups in total. The normalized spacial score (nSPS) is 10.3. The zero-order valence-electron chi connectivity index (χ0n) is 23.2. The van der Waals surface area contributed by atoms with E-state index < -0.39 is 23.5 Å². The molecule has 0 spiro atoms. The maximum atomic E-state index is 13.6. The first-order valence-electron chi connectivity index (χ1n) is 12.6. The van der Waals surface area contributed by atoms with Gasteiger partial charge < -0.3 is 19.9 Å². The molecule has 0 atom stereocenters. The van der Waals surface area contributed by atoms with Crippen molar-refractivity contribution in [1.82, 2.24) is 15.0 Å². The van der Waals surface area contributed by atoms with Gasteiger partial charge in [0.25, 0.3) is 5.91 Å². The molecule has 44 heavy (non-hydrogen) atoms. The van der Waals surface area contributed by atoms with Crippen molar-refractivity contribution in [1.29, 1.82) is 0 Å². The number of carbonyl (C=O) groups excluding carboxylic acids is 1. The number of hydrogen-bond acceptors (Lipinski definition) is 9. The molecule has 5 rings (SSSR count). The van der Waals surface area contributed by atoms with Gasteiger partial charge in [-0.05, 0) is 73.2 Å². The number of carboxylic acids is 1. The quantitative estimate of drug-likeness (QED) is 0.155. The first kappa shape index (κ1) is 31.9. The molecule has 5 aromatic rings. The zero-order chi connectivity index (χ0) is 31.5. The second kappa shape index (κ2) is 15.5. The number of nitrogens with one attached hydrogen (secondary N) is 1. The molecule has 3 heterocycles. The average Bonchev–Trinajstić information content (AvgIpc) is 3.03. The van der Waals surface area contributed by atoms with Gasteiger partial charge in [-0.2, -0.15) is 0 Å². The zero-order valence-corrected chi connectivity index (χ0v) is 24.9. The first-order valence-corrected chi connectivity index (χ1v) is 15.1. The van der Waals surface area contributed by atoms with Crippen LogP contribution in [0.4, 0.5) is 14.5 Å². The fourth-order valence-corrected chi connectivity index (χ4v) is 4.42. The highest BCUT2D eigenvalue weighted by atomic mass is 32.2. The van der Waals surface area contributed by atoms with Crippen molar-refractivity contribution in [2.75, 3.05) is 17.8 Å². The van der Waals surface area contributed by atoms with E-state index >= 15 is 0 Å². The molecule has 0 aliphatic heterocycles. The van der Waals surface area contributed by atoms with E-state index in [-0.39, 0.29) is 22.9 Å². The number of anilines is 1. The van der Waals surface area contributed by atoms with Crippen LogP contribution in [0.25, 0.3) is 0 Å². The Labute approximate surface area is 259 Å². The number of aromatic carboxylic acids is 1. The lowest BCUT2D eigenvalue weighted by Crippen LogP contribution is -2.14. The van der Waals surface area contributed by atoms with Crippen LogP contribution >= 0.6 is 23.5 Å². The van der Waals surface area contributed by atoms with Crippen molar-refractivity contribution in [2.24, 2.45) is 0 Å². The van der Waals surface area contributed by atoms with Gasteiger partial charge >= 0.3 is 5.97 Å². The van der Waals surface area contributed by atoms with Crippen molar-refractivity contribution in [3.63, 3.8) is 0 Å². The largest absolute Gasteiger partial charge is 0.477 e. The average molecular weight is 635 g/mol. The molecule has 3 aromatic heterocycles. The molecular formula is C31H24F2N4O5S2. The number of rotatable bonds is 9. The lowest BCUT2D eigenvalue weighted by atomic mass is 10.2. The number of carbonyl (C=O) groups is 2. The fourth-order valence-electron chi connectivity index (χ4n) is 3.52. The van der Waals surface area contributed by atoms with E-state index in [2.05, 4.69) is 20.3 Å². The predicted molar refractivity (Wildman–Crippen MR) is 164 cm³/mol. The number of benzene rings is 2. The van der Waals surface area contributed by atoms with Crippen LogP contribution in [-0.2, 0) is 0 Å². The summed E-state index contributed by atoms with van der Waals surface area (Å²) in [5, 5.41) is 11.6. The fraction of sp³-hybridized carbons (Fsp3) is 0.0645. The van der Waals surface area contributed by atoms with Crippen LogP contribution in [0.5, 0.6) is 23.3 Å². The SMILES string of the molecule is CSc1cccc(Oc2ncc(F)cc2C(=O)Nc2cccnc2)c1.CSc1cccc(Oc2ncc(F)cc2C(=O)O)c1. The van der Waals surface area contributed by atoms with Crippen molar-refractivity contribution in [2.45, 2.75) is 9.79 Å². The summed E-state index contributed by atoms with van der Waals surface area (Å²) >= 11 is 3.09. The summed E-state index contributed by atoms with van der Waals surface area (Å²) in [6.07, 6.45) is 8.87. The van der Waals surface area contributed by atoms with Crippen LogP contribution < -0.4 is 14.8 Å². The number of ether oxygens (including phenoxy) is 2. The minimum atomic E-state index is -1.29. The molecule has 0 radical (unpaired) electrons. The predicted octanol–water partition coefficient (Wildman–Crippen LogP) is 7.82. The lowest BCUT2D eigenvalue weighted by molar-refractivity contribution is 0.0692. The van der Waals surface area contributed by atoms with E-state index in [4.69, 9.17) is 14.6 Å². The Hall–Kier alpha value is -5.01. The highest BCUT2D eigenvalue weighted by Crippen LogP contribution is 2.28. The number of carboxylic acid groups (broad SMARTS) is 1. The van der Waals surface area contributed by atoms with Crippen molar-refractivity contribution < 1.29 is 33.0 Å². The summed E-state index contributed by atoms with van der Waals surface area (Å²) in [5.74, 6) is -2.30. The molecular weight excluding hydrogens is 610 g/mol. The Bertz CT molecular complexity index is 1760. The van der Waals surface area contributed by atoms with Crippen LogP contribution in [0, 0.1) is 11.6 Å². The first-order chi connectivity index (χ1) is 21.2. The summed E-state index contributed by atoms with van der Waals surface area (Å²) in [6, 6.07) is 19.8. The maximum absolute atomic E-state index is 13.6. The second-order valence-corrected chi connectivity index (χ2v) is 10.3. The highest BCUT2D eigenvalue weighted by molar-refractivity contribution is 7.98. The summed E-state index contributed by atoms with van der Waals surface area (Å²) in [7, 11) is 0. The lowest BCUT2D eigenvalue weighted by Gasteiger charge is -2.11. The second-order valence-electron chi connectivity index (χ2n) is 8.58. The molecule has 0 fully saturated rings. The number of amides is 1. The van der Waals surface area contributed by atoms with Crippen LogP contribution in [0.1, 0.15) is 20.7 Å². The van der Waals surface area contributed by atoms with Crippen molar-refractivity contribution in [3.05, 3.63) is 120 Å². The Morgan fingerprint density at radius 1 is 0.750 bits per heavy atom. The minimum Gasteiger partial charge on any atom is -0.477 e. The van der Waals surface area contributed by atoms with Gasteiger partial charge in [0, 0.05) is 16.0 Å². The van der Waals surface area contributed by atoms with Crippen molar-refractivity contribution >= 4 is 41.1 Å². The number of pyridine rings is 3. The third-order valence-corrected chi connectivity index (χ3v) is 6.99. The van der Waals surface area contributed by atoms with E-state index in [1.54, 1.807) is 54.4 Å². The third-order valence-electron chi connectivity index (χ3n) is 5.54. The molecule has 0 aliphatic carbocycles. The van der Waals surface area contributed by atoms with Crippen LogP contribution in [0.15, 0.2) is 107 Å². The van der Waals surface area contributed by atoms with E-state index in [1.807, 2.05) is 36.8 Å². The Kier molecular flexibility index (Phi) is 11.2. The van der Waals surface area contributed by atoms with E-state index in [0.29, 0.717) is 17.2 Å². The number of aromatic nitrogens is 3. The van der Waals surface area contributed by atoms with Gasteiger partial charge in [0.2, 0.25) is 11.8 Å². The standard InChI is InChI=1S/C18H14FN3O2S.C13H10FNO3S/c1-25-15-6-2-5-14(9-15)24-18-16(8-12(19)10-21-18)17(23)22-13-4-3-7-20-11-13;1-19-10-4-2-3-9(6-10)18-12-11(13(16)17)5-8(14)7-15-12/h2-11H,1H3,(H,22,23);2-7H,1H3,(H,16,17).